The number of nitrogens with one attached hydrogen (secondary N) is 1. The van der Waals surface area contributed by atoms with Crippen molar-refractivity contribution in [2.24, 2.45) is 11.8 Å². The van der Waals surface area contributed by atoms with E-state index in [1.54, 1.807) is 16.4 Å². The third-order valence-corrected chi connectivity index (χ3v) is 14.8. The van der Waals surface area contributed by atoms with Gasteiger partial charge >= 0.3 is 5.97 Å². The van der Waals surface area contributed by atoms with Crippen molar-refractivity contribution < 1.29 is 31.8 Å². The summed E-state index contributed by atoms with van der Waals surface area (Å²) in [6.07, 6.45) is 5.56. The molecule has 0 saturated carbocycles. The Morgan fingerprint density at radius 1 is 1.05 bits per heavy atom. The second kappa shape index (κ2) is 14.6. The average Bonchev–Trinajstić information content (AvgIpc) is 3.31. The maximum Gasteiger partial charge on any atom is 0.324 e. The van der Waals surface area contributed by atoms with Gasteiger partial charge in [0.1, 0.15) is 14.6 Å². The van der Waals surface area contributed by atoms with Gasteiger partial charge in [-0.1, -0.05) is 42.5 Å². The molecular weight excluding hydrogens is 725 g/mol. The molecule has 2 atom stereocenters. The van der Waals surface area contributed by atoms with Gasteiger partial charge in [0, 0.05) is 30.7 Å². The van der Waals surface area contributed by atoms with E-state index in [2.05, 4.69) is 20.8 Å². The Kier molecular flexibility index (Phi) is 11.9. The van der Waals surface area contributed by atoms with Crippen LogP contribution in [0.3, 0.4) is 0 Å². The molecule has 2 saturated heterocycles. The van der Waals surface area contributed by atoms with Crippen LogP contribution in [0.25, 0.3) is 0 Å². The van der Waals surface area contributed by atoms with Crippen LogP contribution in [0.1, 0.15) is 51.9 Å². The van der Waals surface area contributed by atoms with Crippen molar-refractivity contribution in [2.45, 2.75) is 73.1 Å². The highest BCUT2D eigenvalue weighted by Gasteiger charge is 2.32. The number of hydrogen-bond acceptors (Lipinski definition) is 8. The van der Waals surface area contributed by atoms with Gasteiger partial charge in [0.05, 0.1) is 21.7 Å². The fourth-order valence-corrected chi connectivity index (χ4v) is 11.3. The zero-order valence-corrected chi connectivity index (χ0v) is 29.1. The highest BCUT2D eigenvalue weighted by Crippen LogP contribution is 2.38. The maximum atomic E-state index is 13.0. The van der Waals surface area contributed by atoms with Gasteiger partial charge in [-0.05, 0) is 84.6 Å². The number of hydrogen-bond donors (Lipinski definition) is 3. The molecule has 0 radical (unpaired) electrons. The highest BCUT2D eigenvalue weighted by molar-refractivity contribution is 9.10. The van der Waals surface area contributed by atoms with E-state index in [1.165, 1.54) is 19.1 Å². The summed E-state index contributed by atoms with van der Waals surface area (Å²) in [6, 6.07) is 4.22. The minimum atomic E-state index is -4.20. The van der Waals surface area contributed by atoms with Gasteiger partial charge in [-0.2, -0.15) is 9.03 Å². The number of carboxylic acid groups (broad SMARTS) is 1. The standard InChI is InChI=1S/C27H36BrCl2N3O7S3/c1-17(34)25(27(35)36)31-42(37,38)20-5-6-23(22(29)15-20)32-11-7-18(8-12-32)3-2-4-19-9-13-33(14-10-19)43(39,40)24-16-21(28)26(30)41-24/h5-6,15-19,25,31,34H,2-4,7-14H2,1H3,(H,35,36). The molecular formula is C27H36BrCl2N3O7S3. The maximum absolute atomic E-state index is 13.0. The number of sulfonamides is 2. The molecule has 1 aromatic heterocycles. The second-order valence-corrected chi connectivity index (χ2v) is 18.0. The number of carboxylic acids is 1. The summed E-state index contributed by atoms with van der Waals surface area (Å²) < 4.78 is 56.2. The van der Waals surface area contributed by atoms with Crippen molar-refractivity contribution in [3.63, 3.8) is 0 Å². The summed E-state index contributed by atoms with van der Waals surface area (Å²) in [6.45, 7) is 3.82. The quantitative estimate of drug-likeness (QED) is 0.261. The van der Waals surface area contributed by atoms with Crippen LogP contribution in [0.2, 0.25) is 9.36 Å². The number of rotatable bonds is 12. The van der Waals surface area contributed by atoms with Crippen LogP contribution in [0.15, 0.2) is 37.8 Å². The number of halogens is 3. The highest BCUT2D eigenvalue weighted by atomic mass is 79.9. The Labute approximate surface area is 275 Å². The third-order valence-electron chi connectivity index (χ3n) is 8.23. The average molecular weight is 762 g/mol. The molecule has 43 heavy (non-hydrogen) atoms. The minimum Gasteiger partial charge on any atom is -0.480 e. The molecule has 16 heteroatoms. The molecule has 1 aromatic carbocycles. The first-order valence-corrected chi connectivity index (χ1v) is 19.4. The number of piperidine rings is 2. The van der Waals surface area contributed by atoms with E-state index in [9.17, 15) is 31.8 Å². The van der Waals surface area contributed by atoms with Gasteiger partial charge in [-0.15, -0.1) is 11.3 Å². The number of aliphatic hydroxyl groups excluding tert-OH is 1. The molecule has 240 valence electrons. The Morgan fingerprint density at radius 3 is 2.12 bits per heavy atom. The Bertz CT molecular complexity index is 1490. The van der Waals surface area contributed by atoms with Crippen LogP contribution in [0, 0.1) is 11.8 Å². The summed E-state index contributed by atoms with van der Waals surface area (Å²) in [5.41, 5.74) is 0.725. The monoisotopic (exact) mass is 759 g/mol. The van der Waals surface area contributed by atoms with Crippen molar-refractivity contribution in [1.29, 1.82) is 0 Å². The zero-order chi connectivity index (χ0) is 31.5. The van der Waals surface area contributed by atoms with Crippen LogP contribution in [0.5, 0.6) is 0 Å². The third kappa shape index (κ3) is 8.64. The Morgan fingerprint density at radius 2 is 1.63 bits per heavy atom. The SMILES string of the molecule is CC(O)C(NS(=O)(=O)c1ccc(N2CCC(CCCC3CCN(S(=O)(=O)c4cc(Br)c(Cl)s4)CC3)CC2)c(Cl)c1)C(=O)O. The lowest BCUT2D eigenvalue weighted by molar-refractivity contribution is -0.141. The summed E-state index contributed by atoms with van der Waals surface area (Å²) in [5, 5.41) is 19.1. The van der Waals surface area contributed by atoms with E-state index in [1.807, 2.05) is 4.72 Å². The van der Waals surface area contributed by atoms with Gasteiger partial charge in [-0.25, -0.2) is 16.8 Å². The number of carbonyl (C=O) groups is 1. The predicted octanol–water partition coefficient (Wildman–Crippen LogP) is 5.42. The van der Waals surface area contributed by atoms with Crippen LogP contribution in [0.4, 0.5) is 5.69 Å². The van der Waals surface area contributed by atoms with Gasteiger partial charge in [0.25, 0.3) is 10.0 Å². The normalized spacial score (nSPS) is 19.4. The van der Waals surface area contributed by atoms with Crippen molar-refractivity contribution >= 4 is 82.2 Å². The second-order valence-electron chi connectivity index (χ2n) is 11.2. The number of aliphatic hydroxyl groups is 1. The number of nitrogens with zero attached hydrogens (tertiary/aromatic N) is 2. The first-order valence-electron chi connectivity index (χ1n) is 14.1. The molecule has 3 N–H and O–H groups in total. The van der Waals surface area contributed by atoms with Crippen molar-refractivity contribution in [2.75, 3.05) is 31.1 Å². The Balaban J connectivity index is 1.21. The zero-order valence-electron chi connectivity index (χ0n) is 23.6. The van der Waals surface area contributed by atoms with Gasteiger partial charge in [0.15, 0.2) is 0 Å². The van der Waals surface area contributed by atoms with Crippen molar-refractivity contribution in [3.8, 4) is 0 Å². The lowest BCUT2D eigenvalue weighted by atomic mass is 9.87. The molecule has 0 spiro atoms. The van der Waals surface area contributed by atoms with Gasteiger partial charge in [-0.3, -0.25) is 4.79 Å². The van der Waals surface area contributed by atoms with Crippen molar-refractivity contribution in [3.05, 3.63) is 38.1 Å². The van der Waals surface area contributed by atoms with E-state index < -0.39 is 38.2 Å². The number of aliphatic carboxylic acids is 1. The van der Waals surface area contributed by atoms with E-state index >= 15 is 0 Å². The molecule has 2 aliphatic heterocycles. The molecule has 0 bridgehead atoms. The molecule has 2 fully saturated rings. The molecule has 2 aliphatic rings. The molecule has 2 unspecified atom stereocenters. The van der Waals surface area contributed by atoms with Crippen molar-refractivity contribution in [1.82, 2.24) is 9.03 Å². The molecule has 0 aliphatic carbocycles. The summed E-state index contributed by atoms with van der Waals surface area (Å²) in [5.74, 6) is -0.385. The predicted molar refractivity (Wildman–Crippen MR) is 172 cm³/mol. The molecule has 3 heterocycles. The van der Waals surface area contributed by atoms with E-state index in [-0.39, 0.29) is 14.1 Å². The van der Waals surface area contributed by atoms with Crippen LogP contribution >= 0.6 is 50.5 Å². The van der Waals surface area contributed by atoms with Crippen LogP contribution in [-0.4, -0.2) is 75.6 Å². The Hall–Kier alpha value is -0.970. The fourth-order valence-electron chi connectivity index (χ4n) is 5.68. The van der Waals surface area contributed by atoms with Gasteiger partial charge < -0.3 is 15.1 Å². The first kappa shape index (κ1) is 34.9. The lowest BCUT2D eigenvalue weighted by Crippen LogP contribution is -2.47. The molecule has 0 amide bonds. The van der Waals surface area contributed by atoms with Crippen LogP contribution in [-0.2, 0) is 24.8 Å². The molecule has 4 rings (SSSR count). The molecule has 2 aromatic rings. The van der Waals surface area contributed by atoms with E-state index in [0.29, 0.717) is 33.7 Å². The van der Waals surface area contributed by atoms with E-state index in [0.717, 1.165) is 75.1 Å². The largest absolute Gasteiger partial charge is 0.480 e. The smallest absolute Gasteiger partial charge is 0.324 e. The fraction of sp³-hybridized carbons (Fsp3) is 0.593. The number of benzene rings is 1. The summed E-state index contributed by atoms with van der Waals surface area (Å²) in [7, 11) is -7.72. The van der Waals surface area contributed by atoms with E-state index in [4.69, 9.17) is 23.2 Å². The summed E-state index contributed by atoms with van der Waals surface area (Å²) in [4.78, 5) is 13.3. The first-order chi connectivity index (χ1) is 20.2. The number of thiophene rings is 1. The van der Waals surface area contributed by atoms with Crippen LogP contribution < -0.4 is 9.62 Å². The summed E-state index contributed by atoms with van der Waals surface area (Å²) >= 11 is 16.9. The number of anilines is 1. The molecule has 10 nitrogen and oxygen atoms in total. The topological polar surface area (TPSA) is 144 Å². The van der Waals surface area contributed by atoms with Gasteiger partial charge in [0.2, 0.25) is 10.0 Å². The lowest BCUT2D eigenvalue weighted by Gasteiger charge is -2.35. The minimum absolute atomic E-state index is 0.171.